The first-order valence-corrected chi connectivity index (χ1v) is 10.5. The van der Waals surface area contributed by atoms with Gasteiger partial charge in [-0.05, 0) is 18.2 Å². The summed E-state index contributed by atoms with van der Waals surface area (Å²) in [5.41, 5.74) is 1.56. The predicted octanol–water partition coefficient (Wildman–Crippen LogP) is 5.59. The Morgan fingerprint density at radius 3 is 2.45 bits per heavy atom. The van der Waals surface area contributed by atoms with E-state index in [0.29, 0.717) is 27.7 Å². The van der Waals surface area contributed by atoms with E-state index >= 15 is 0 Å². The summed E-state index contributed by atoms with van der Waals surface area (Å²) < 4.78 is 45.3. The SMILES string of the molecule is CC(=O)Nc1nc2c(Oc3cc(-c4ccc(C(F)(F)F)cc4)ncn3)cc(N(C)C)cc2s1. The maximum atomic E-state index is 12.8. The average molecular weight is 473 g/mol. The van der Waals surface area contributed by atoms with Crippen LogP contribution in [0.2, 0.25) is 0 Å². The van der Waals surface area contributed by atoms with Gasteiger partial charge in [0.25, 0.3) is 0 Å². The van der Waals surface area contributed by atoms with Crippen LogP contribution in [0.3, 0.4) is 0 Å². The molecule has 1 amide bonds. The van der Waals surface area contributed by atoms with Crippen LogP contribution in [-0.4, -0.2) is 35.0 Å². The number of carbonyl (C=O) groups is 1. The second kappa shape index (κ2) is 8.66. The van der Waals surface area contributed by atoms with Crippen molar-refractivity contribution in [3.63, 3.8) is 0 Å². The lowest BCUT2D eigenvalue weighted by atomic mass is 10.1. The number of nitrogens with zero attached hydrogens (tertiary/aromatic N) is 4. The molecule has 0 aliphatic heterocycles. The minimum absolute atomic E-state index is 0.200. The highest BCUT2D eigenvalue weighted by atomic mass is 32.1. The molecular formula is C22H18F3N5O2S. The third kappa shape index (κ3) is 5.03. The van der Waals surface area contributed by atoms with E-state index in [1.807, 2.05) is 25.1 Å². The van der Waals surface area contributed by atoms with Crippen molar-refractivity contribution in [2.24, 2.45) is 0 Å². The standard InChI is InChI=1S/C22H18F3N5O2S/c1-12(31)28-21-29-20-17(8-15(30(2)3)9-18(20)33-21)32-19-10-16(26-11-27-19)13-4-6-14(7-5-13)22(23,24)25/h4-11H,1-3H3,(H,28,29,31). The molecule has 33 heavy (non-hydrogen) atoms. The van der Waals surface area contributed by atoms with Gasteiger partial charge in [-0.2, -0.15) is 13.2 Å². The van der Waals surface area contributed by atoms with Crippen molar-refractivity contribution in [3.8, 4) is 22.9 Å². The maximum Gasteiger partial charge on any atom is 0.416 e. The highest BCUT2D eigenvalue weighted by Crippen LogP contribution is 2.38. The Hall–Kier alpha value is -3.73. The van der Waals surface area contributed by atoms with Crippen LogP contribution in [0.15, 0.2) is 48.8 Å². The predicted molar refractivity (Wildman–Crippen MR) is 121 cm³/mol. The Bertz CT molecular complexity index is 1320. The zero-order chi connectivity index (χ0) is 23.8. The molecule has 170 valence electrons. The Kier molecular flexibility index (Phi) is 5.90. The van der Waals surface area contributed by atoms with Crippen LogP contribution in [0.4, 0.5) is 24.0 Å². The van der Waals surface area contributed by atoms with E-state index in [0.717, 1.165) is 22.5 Å². The van der Waals surface area contributed by atoms with Gasteiger partial charge in [0.15, 0.2) is 10.9 Å². The van der Waals surface area contributed by atoms with Crippen molar-refractivity contribution in [3.05, 3.63) is 54.4 Å². The summed E-state index contributed by atoms with van der Waals surface area (Å²) in [6.07, 6.45) is -3.13. The van der Waals surface area contributed by atoms with Crippen molar-refractivity contribution in [1.29, 1.82) is 0 Å². The third-order valence-corrected chi connectivity index (χ3v) is 5.53. The summed E-state index contributed by atoms with van der Waals surface area (Å²) in [6, 6.07) is 9.96. The number of carbonyl (C=O) groups excluding carboxylic acids is 1. The molecule has 0 saturated heterocycles. The molecule has 0 atom stereocenters. The highest BCUT2D eigenvalue weighted by Gasteiger charge is 2.30. The molecular weight excluding hydrogens is 455 g/mol. The van der Waals surface area contributed by atoms with E-state index in [1.54, 1.807) is 6.07 Å². The van der Waals surface area contributed by atoms with E-state index in [-0.39, 0.29) is 11.8 Å². The fraction of sp³-hybridized carbons (Fsp3) is 0.182. The van der Waals surface area contributed by atoms with E-state index in [1.165, 1.54) is 42.8 Å². The lowest BCUT2D eigenvalue weighted by Gasteiger charge is -2.14. The van der Waals surface area contributed by atoms with Crippen molar-refractivity contribution in [1.82, 2.24) is 15.0 Å². The minimum Gasteiger partial charge on any atom is -0.436 e. The monoisotopic (exact) mass is 473 g/mol. The van der Waals surface area contributed by atoms with Crippen molar-refractivity contribution < 1.29 is 22.7 Å². The number of alkyl halides is 3. The Labute approximate surface area is 190 Å². The Morgan fingerprint density at radius 2 is 1.82 bits per heavy atom. The van der Waals surface area contributed by atoms with Crippen molar-refractivity contribution in [2.45, 2.75) is 13.1 Å². The fourth-order valence-electron chi connectivity index (χ4n) is 3.02. The molecule has 0 radical (unpaired) electrons. The number of nitrogens with one attached hydrogen (secondary N) is 1. The van der Waals surface area contributed by atoms with Gasteiger partial charge >= 0.3 is 6.18 Å². The molecule has 2 heterocycles. The number of hydrogen-bond acceptors (Lipinski definition) is 7. The molecule has 0 bridgehead atoms. The first-order chi connectivity index (χ1) is 15.6. The summed E-state index contributed by atoms with van der Waals surface area (Å²) in [5, 5.41) is 3.11. The van der Waals surface area contributed by atoms with Crippen LogP contribution in [-0.2, 0) is 11.0 Å². The summed E-state index contributed by atoms with van der Waals surface area (Å²) in [6.45, 7) is 1.40. The molecule has 4 rings (SSSR count). The van der Waals surface area contributed by atoms with Crippen molar-refractivity contribution in [2.75, 3.05) is 24.3 Å². The summed E-state index contributed by atoms with van der Waals surface area (Å²) in [5.74, 6) is 0.383. The zero-order valence-electron chi connectivity index (χ0n) is 17.8. The molecule has 4 aromatic rings. The summed E-state index contributed by atoms with van der Waals surface area (Å²) in [4.78, 5) is 26.1. The van der Waals surface area contributed by atoms with Crippen LogP contribution < -0.4 is 15.0 Å². The highest BCUT2D eigenvalue weighted by molar-refractivity contribution is 7.22. The summed E-state index contributed by atoms with van der Waals surface area (Å²) >= 11 is 1.31. The first-order valence-electron chi connectivity index (χ1n) is 9.67. The Balaban J connectivity index is 1.69. The molecule has 0 unspecified atom stereocenters. The third-order valence-electron chi connectivity index (χ3n) is 4.61. The smallest absolute Gasteiger partial charge is 0.416 e. The van der Waals surface area contributed by atoms with Gasteiger partial charge in [0.05, 0.1) is 16.0 Å². The second-order valence-electron chi connectivity index (χ2n) is 7.30. The minimum atomic E-state index is -4.41. The van der Waals surface area contributed by atoms with Gasteiger partial charge in [-0.3, -0.25) is 4.79 Å². The normalized spacial score (nSPS) is 11.5. The molecule has 1 N–H and O–H groups in total. The lowest BCUT2D eigenvalue weighted by Crippen LogP contribution is -2.08. The van der Waals surface area contributed by atoms with Crippen LogP contribution in [0.25, 0.3) is 21.5 Å². The van der Waals surface area contributed by atoms with Gasteiger partial charge in [-0.15, -0.1) is 0 Å². The molecule has 0 saturated carbocycles. The van der Waals surface area contributed by atoms with Crippen LogP contribution in [0.5, 0.6) is 11.6 Å². The molecule has 0 aliphatic carbocycles. The average Bonchev–Trinajstić information content (AvgIpc) is 3.15. The van der Waals surface area contributed by atoms with Crippen LogP contribution in [0.1, 0.15) is 12.5 Å². The molecule has 0 spiro atoms. The van der Waals surface area contributed by atoms with Crippen molar-refractivity contribution >= 4 is 38.3 Å². The second-order valence-corrected chi connectivity index (χ2v) is 8.33. The van der Waals surface area contributed by atoms with Gasteiger partial charge in [0.2, 0.25) is 11.8 Å². The maximum absolute atomic E-state index is 12.8. The van der Waals surface area contributed by atoms with Gasteiger partial charge in [-0.1, -0.05) is 23.5 Å². The van der Waals surface area contributed by atoms with Gasteiger partial charge in [0.1, 0.15) is 11.8 Å². The number of halogens is 3. The fourth-order valence-corrected chi connectivity index (χ4v) is 3.98. The lowest BCUT2D eigenvalue weighted by molar-refractivity contribution is -0.137. The number of hydrogen-bond donors (Lipinski definition) is 1. The van der Waals surface area contributed by atoms with Gasteiger partial charge < -0.3 is 15.0 Å². The largest absolute Gasteiger partial charge is 0.436 e. The molecule has 7 nitrogen and oxygen atoms in total. The number of ether oxygens (including phenoxy) is 1. The van der Waals surface area contributed by atoms with E-state index < -0.39 is 11.7 Å². The van der Waals surface area contributed by atoms with Crippen LogP contribution >= 0.6 is 11.3 Å². The number of amides is 1. The number of rotatable bonds is 5. The molecule has 2 aromatic heterocycles. The topological polar surface area (TPSA) is 80.2 Å². The summed E-state index contributed by atoms with van der Waals surface area (Å²) in [7, 11) is 3.77. The molecule has 11 heteroatoms. The quantitative estimate of drug-likeness (QED) is 0.407. The number of fused-ring (bicyclic) bond motifs is 1. The molecule has 0 fully saturated rings. The zero-order valence-corrected chi connectivity index (χ0v) is 18.6. The molecule has 0 aliphatic rings. The number of aromatic nitrogens is 3. The molecule has 2 aromatic carbocycles. The van der Waals surface area contributed by atoms with Crippen LogP contribution in [0, 0.1) is 0 Å². The number of thiazole rings is 1. The van der Waals surface area contributed by atoms with E-state index in [2.05, 4.69) is 20.3 Å². The Morgan fingerprint density at radius 1 is 1.09 bits per heavy atom. The number of benzene rings is 2. The van der Waals surface area contributed by atoms with Gasteiger partial charge in [0, 0.05) is 44.4 Å². The van der Waals surface area contributed by atoms with E-state index in [9.17, 15) is 18.0 Å². The van der Waals surface area contributed by atoms with E-state index in [4.69, 9.17) is 4.74 Å². The van der Waals surface area contributed by atoms with Gasteiger partial charge in [-0.25, -0.2) is 15.0 Å². The first kappa shape index (κ1) is 22.5. The number of anilines is 2.